The largest absolute Gasteiger partial charge is 0.363 e. The van der Waals surface area contributed by atoms with Gasteiger partial charge in [-0.15, -0.1) is 0 Å². The number of pyridine rings is 1. The first-order valence-electron chi connectivity index (χ1n) is 6.05. The van der Waals surface area contributed by atoms with E-state index in [1.165, 1.54) is 12.8 Å². The standard InChI is InChI=1S/C12H18N4S/c1-2-13-12(17)15-10-5-6-11(14-9-10)16-7-3-4-8-16/h5-6,9H,2-4,7-8H2,1H3,(H2,13,15,17). The summed E-state index contributed by atoms with van der Waals surface area (Å²) in [6.07, 6.45) is 4.37. The van der Waals surface area contributed by atoms with Crippen LogP contribution in [0.4, 0.5) is 11.5 Å². The Hall–Kier alpha value is -1.36. The van der Waals surface area contributed by atoms with Crippen LogP contribution in [-0.2, 0) is 0 Å². The average Bonchev–Trinajstić information content (AvgIpc) is 2.84. The Morgan fingerprint density at radius 2 is 2.18 bits per heavy atom. The van der Waals surface area contributed by atoms with Gasteiger partial charge in [0.1, 0.15) is 5.82 Å². The lowest BCUT2D eigenvalue weighted by molar-refractivity contribution is 0.938. The van der Waals surface area contributed by atoms with Crippen LogP contribution in [0.5, 0.6) is 0 Å². The Kier molecular flexibility index (Phi) is 4.14. The summed E-state index contributed by atoms with van der Waals surface area (Å²) in [6, 6.07) is 4.06. The maximum absolute atomic E-state index is 5.11. The second-order valence-electron chi connectivity index (χ2n) is 4.08. The highest BCUT2D eigenvalue weighted by Crippen LogP contribution is 2.18. The van der Waals surface area contributed by atoms with Crippen LogP contribution in [0.2, 0.25) is 0 Å². The van der Waals surface area contributed by atoms with E-state index >= 15 is 0 Å². The highest BCUT2D eigenvalue weighted by molar-refractivity contribution is 7.80. The summed E-state index contributed by atoms with van der Waals surface area (Å²) in [5.74, 6) is 1.06. The van der Waals surface area contributed by atoms with Crippen molar-refractivity contribution in [2.45, 2.75) is 19.8 Å². The molecule has 1 saturated heterocycles. The Morgan fingerprint density at radius 3 is 2.76 bits per heavy atom. The Morgan fingerprint density at radius 1 is 1.41 bits per heavy atom. The number of thiocarbonyl (C=S) groups is 1. The number of nitrogens with zero attached hydrogens (tertiary/aromatic N) is 2. The summed E-state index contributed by atoms with van der Waals surface area (Å²) >= 11 is 5.11. The molecule has 1 fully saturated rings. The second kappa shape index (κ2) is 5.82. The lowest BCUT2D eigenvalue weighted by Crippen LogP contribution is -2.28. The zero-order valence-corrected chi connectivity index (χ0v) is 10.9. The normalized spacial score (nSPS) is 14.8. The SMILES string of the molecule is CCNC(=S)Nc1ccc(N2CCCC2)nc1. The predicted octanol–water partition coefficient (Wildman–Crippen LogP) is 1.99. The summed E-state index contributed by atoms with van der Waals surface area (Å²) in [5.41, 5.74) is 0.930. The van der Waals surface area contributed by atoms with Crippen LogP contribution in [0.25, 0.3) is 0 Å². The molecule has 2 heterocycles. The number of rotatable bonds is 3. The molecular formula is C12H18N4S. The van der Waals surface area contributed by atoms with Gasteiger partial charge < -0.3 is 15.5 Å². The van der Waals surface area contributed by atoms with Crippen molar-refractivity contribution in [1.29, 1.82) is 0 Å². The molecule has 0 atom stereocenters. The lowest BCUT2D eigenvalue weighted by atomic mass is 10.4. The molecule has 0 aliphatic carbocycles. The minimum atomic E-state index is 0.642. The molecule has 1 aromatic rings. The van der Waals surface area contributed by atoms with Crippen molar-refractivity contribution in [3.8, 4) is 0 Å². The molecule has 2 rings (SSSR count). The molecule has 1 aromatic heterocycles. The molecule has 92 valence electrons. The summed E-state index contributed by atoms with van der Waals surface area (Å²) in [7, 11) is 0. The van der Waals surface area contributed by atoms with E-state index in [1.54, 1.807) is 0 Å². The van der Waals surface area contributed by atoms with E-state index in [9.17, 15) is 0 Å². The zero-order valence-electron chi connectivity index (χ0n) is 10.1. The maximum Gasteiger partial charge on any atom is 0.170 e. The molecule has 0 amide bonds. The third-order valence-corrected chi connectivity index (χ3v) is 3.02. The van der Waals surface area contributed by atoms with Crippen molar-refractivity contribution in [1.82, 2.24) is 10.3 Å². The smallest absolute Gasteiger partial charge is 0.170 e. The molecule has 17 heavy (non-hydrogen) atoms. The number of hydrogen-bond donors (Lipinski definition) is 2. The topological polar surface area (TPSA) is 40.2 Å². The molecule has 2 N–H and O–H groups in total. The minimum Gasteiger partial charge on any atom is -0.363 e. The molecule has 0 radical (unpaired) electrons. The van der Waals surface area contributed by atoms with Crippen LogP contribution in [0, 0.1) is 0 Å². The van der Waals surface area contributed by atoms with Gasteiger partial charge in [0.15, 0.2) is 5.11 Å². The van der Waals surface area contributed by atoms with Crippen molar-refractivity contribution in [3.63, 3.8) is 0 Å². The molecular weight excluding hydrogens is 232 g/mol. The molecule has 0 unspecified atom stereocenters. The number of aromatic nitrogens is 1. The van der Waals surface area contributed by atoms with Crippen molar-refractivity contribution in [3.05, 3.63) is 18.3 Å². The fraction of sp³-hybridized carbons (Fsp3) is 0.500. The first-order valence-corrected chi connectivity index (χ1v) is 6.46. The molecule has 0 bridgehead atoms. The van der Waals surface area contributed by atoms with Gasteiger partial charge in [0.2, 0.25) is 0 Å². The highest BCUT2D eigenvalue weighted by Gasteiger charge is 2.12. The number of anilines is 2. The third kappa shape index (κ3) is 3.30. The zero-order chi connectivity index (χ0) is 12.1. The van der Waals surface area contributed by atoms with E-state index in [1.807, 2.05) is 25.3 Å². The van der Waals surface area contributed by atoms with Crippen LogP contribution < -0.4 is 15.5 Å². The first kappa shape index (κ1) is 12.1. The molecule has 0 spiro atoms. The number of nitrogens with one attached hydrogen (secondary N) is 2. The summed E-state index contributed by atoms with van der Waals surface area (Å²) in [4.78, 5) is 6.76. The molecule has 5 heteroatoms. The summed E-state index contributed by atoms with van der Waals surface area (Å²) < 4.78 is 0. The van der Waals surface area contributed by atoms with Gasteiger partial charge in [-0.3, -0.25) is 0 Å². The third-order valence-electron chi connectivity index (χ3n) is 2.77. The Bertz CT molecular complexity index is 371. The quantitative estimate of drug-likeness (QED) is 0.803. The Labute approximate surface area is 107 Å². The molecule has 0 aromatic carbocycles. The van der Waals surface area contributed by atoms with E-state index in [4.69, 9.17) is 12.2 Å². The van der Waals surface area contributed by atoms with Crippen molar-refractivity contribution in [2.24, 2.45) is 0 Å². The van der Waals surface area contributed by atoms with Gasteiger partial charge in [-0.25, -0.2) is 4.98 Å². The first-order chi connectivity index (χ1) is 8.29. The van der Waals surface area contributed by atoms with Gasteiger partial charge in [-0.1, -0.05) is 0 Å². The summed E-state index contributed by atoms with van der Waals surface area (Å²) in [6.45, 7) is 5.08. The van der Waals surface area contributed by atoms with Gasteiger partial charge in [-0.05, 0) is 44.1 Å². The monoisotopic (exact) mass is 250 g/mol. The molecule has 4 nitrogen and oxygen atoms in total. The number of hydrogen-bond acceptors (Lipinski definition) is 3. The van der Waals surface area contributed by atoms with Crippen LogP contribution in [0.15, 0.2) is 18.3 Å². The highest BCUT2D eigenvalue weighted by atomic mass is 32.1. The molecule has 1 aliphatic heterocycles. The lowest BCUT2D eigenvalue weighted by Gasteiger charge is -2.16. The van der Waals surface area contributed by atoms with Gasteiger partial charge in [0.05, 0.1) is 11.9 Å². The van der Waals surface area contributed by atoms with E-state index < -0.39 is 0 Å². The second-order valence-corrected chi connectivity index (χ2v) is 4.49. The Balaban J connectivity index is 1.95. The molecule has 0 saturated carbocycles. The van der Waals surface area contributed by atoms with Crippen molar-refractivity contribution >= 4 is 28.8 Å². The van der Waals surface area contributed by atoms with Crippen molar-refractivity contribution in [2.75, 3.05) is 29.9 Å². The van der Waals surface area contributed by atoms with Crippen LogP contribution in [0.1, 0.15) is 19.8 Å². The van der Waals surface area contributed by atoms with Crippen molar-refractivity contribution < 1.29 is 0 Å². The van der Waals surface area contributed by atoms with Crippen LogP contribution in [0.3, 0.4) is 0 Å². The van der Waals surface area contributed by atoms with Gasteiger partial charge in [0, 0.05) is 19.6 Å². The van der Waals surface area contributed by atoms with E-state index in [2.05, 4.69) is 20.5 Å². The fourth-order valence-corrected chi connectivity index (χ4v) is 2.19. The summed E-state index contributed by atoms with van der Waals surface area (Å²) in [5, 5.41) is 6.79. The van der Waals surface area contributed by atoms with Crippen LogP contribution >= 0.6 is 12.2 Å². The predicted molar refractivity (Wildman–Crippen MR) is 75.6 cm³/mol. The maximum atomic E-state index is 5.11. The van der Waals surface area contributed by atoms with E-state index in [0.29, 0.717) is 5.11 Å². The van der Waals surface area contributed by atoms with Gasteiger partial charge in [-0.2, -0.15) is 0 Å². The van der Waals surface area contributed by atoms with Gasteiger partial charge in [0.25, 0.3) is 0 Å². The fourth-order valence-electron chi connectivity index (χ4n) is 1.93. The minimum absolute atomic E-state index is 0.642. The average molecular weight is 250 g/mol. The van der Waals surface area contributed by atoms with Crippen LogP contribution in [-0.4, -0.2) is 29.7 Å². The van der Waals surface area contributed by atoms with E-state index in [-0.39, 0.29) is 0 Å². The van der Waals surface area contributed by atoms with E-state index in [0.717, 1.165) is 31.1 Å². The molecule has 1 aliphatic rings. The van der Waals surface area contributed by atoms with Gasteiger partial charge >= 0.3 is 0 Å².